The molecule has 25 heavy (non-hydrogen) atoms. The average molecular weight is 339 g/mol. The molecule has 1 spiro atoms. The lowest BCUT2D eigenvalue weighted by molar-refractivity contribution is -0.137. The van der Waals surface area contributed by atoms with Crippen LogP contribution in [-0.2, 0) is 14.9 Å². The summed E-state index contributed by atoms with van der Waals surface area (Å²) < 4.78 is 5.40. The van der Waals surface area contributed by atoms with Crippen LogP contribution in [0.5, 0.6) is 0 Å². The summed E-state index contributed by atoms with van der Waals surface area (Å²) in [5.41, 5.74) is 2.71. The zero-order chi connectivity index (χ0) is 17.3. The molecule has 0 N–H and O–H groups in total. The van der Waals surface area contributed by atoms with Crippen LogP contribution in [0.4, 0.5) is 0 Å². The molecule has 1 aliphatic carbocycles. The maximum atomic E-state index is 13.2. The van der Waals surface area contributed by atoms with Crippen LogP contribution in [0.1, 0.15) is 36.3 Å². The zero-order valence-electron chi connectivity index (χ0n) is 14.6. The van der Waals surface area contributed by atoms with Gasteiger partial charge in [-0.1, -0.05) is 24.3 Å². The first-order valence-corrected chi connectivity index (χ1v) is 9.29. The molecule has 5 nitrogen and oxygen atoms in total. The van der Waals surface area contributed by atoms with E-state index in [-0.39, 0.29) is 17.2 Å². The van der Waals surface area contributed by atoms with E-state index in [1.807, 2.05) is 4.90 Å². The Hall–Kier alpha value is -1.90. The van der Waals surface area contributed by atoms with Crippen LogP contribution in [0.25, 0.3) is 0 Å². The molecule has 1 aromatic carbocycles. The number of hydrogen-bond donors (Lipinski definition) is 0. The van der Waals surface area contributed by atoms with Crippen molar-refractivity contribution in [3.05, 3.63) is 35.4 Å². The number of morpholine rings is 1. The molecule has 0 saturated carbocycles. The van der Waals surface area contributed by atoms with Crippen LogP contribution in [0.2, 0.25) is 0 Å². The Morgan fingerprint density at radius 2 is 1.92 bits per heavy atom. The molecular weight excluding hydrogens is 314 g/mol. The number of carbonyl (C=O) groups excluding carboxylic acids is 1. The predicted molar refractivity (Wildman–Crippen MR) is 94.2 cm³/mol. The monoisotopic (exact) mass is 339 g/mol. The van der Waals surface area contributed by atoms with E-state index < -0.39 is 0 Å². The van der Waals surface area contributed by atoms with Crippen molar-refractivity contribution in [2.24, 2.45) is 0 Å². The summed E-state index contributed by atoms with van der Waals surface area (Å²) in [6, 6.07) is 10.8. The summed E-state index contributed by atoms with van der Waals surface area (Å²) in [6.07, 6.45) is 3.00. The molecule has 2 fully saturated rings. The topological polar surface area (TPSA) is 56.6 Å². The van der Waals surface area contributed by atoms with E-state index in [0.29, 0.717) is 32.8 Å². The Morgan fingerprint density at radius 3 is 2.64 bits per heavy atom. The van der Waals surface area contributed by atoms with Crippen LogP contribution in [-0.4, -0.2) is 61.6 Å². The van der Waals surface area contributed by atoms with Crippen LogP contribution < -0.4 is 0 Å². The number of amides is 1. The highest BCUT2D eigenvalue weighted by atomic mass is 16.5. The maximum Gasteiger partial charge on any atom is 0.230 e. The van der Waals surface area contributed by atoms with Crippen molar-refractivity contribution in [2.45, 2.75) is 30.6 Å². The van der Waals surface area contributed by atoms with E-state index in [4.69, 9.17) is 10.00 Å². The number of carbonyl (C=O) groups is 1. The molecule has 3 aliphatic rings. The molecule has 1 atom stereocenters. The first-order chi connectivity index (χ1) is 12.2. The number of likely N-dealkylation sites (tertiary alicyclic amines) is 1. The Labute approximate surface area is 149 Å². The molecule has 4 rings (SSSR count). The smallest absolute Gasteiger partial charge is 0.230 e. The Morgan fingerprint density at radius 1 is 1.20 bits per heavy atom. The van der Waals surface area contributed by atoms with Gasteiger partial charge < -0.3 is 9.64 Å². The van der Waals surface area contributed by atoms with Crippen molar-refractivity contribution < 1.29 is 9.53 Å². The van der Waals surface area contributed by atoms with Crippen molar-refractivity contribution in [3.8, 4) is 6.07 Å². The molecule has 1 amide bonds. The lowest BCUT2D eigenvalue weighted by Gasteiger charge is -2.39. The normalized spacial score (nSPS) is 25.6. The van der Waals surface area contributed by atoms with Crippen LogP contribution >= 0.6 is 0 Å². The van der Waals surface area contributed by atoms with E-state index in [0.717, 1.165) is 32.4 Å². The van der Waals surface area contributed by atoms with Gasteiger partial charge in [-0.25, -0.2) is 0 Å². The van der Waals surface area contributed by atoms with Crippen LogP contribution in [0.15, 0.2) is 24.3 Å². The van der Waals surface area contributed by atoms with Gasteiger partial charge in [0, 0.05) is 13.1 Å². The number of hydrogen-bond acceptors (Lipinski definition) is 4. The van der Waals surface area contributed by atoms with Gasteiger partial charge in [0.1, 0.15) is 0 Å². The summed E-state index contributed by atoms with van der Waals surface area (Å²) in [5.74, 6) is 0.254. The molecule has 2 saturated heterocycles. The van der Waals surface area contributed by atoms with Crippen molar-refractivity contribution in [1.82, 2.24) is 9.80 Å². The number of nitrogens with zero attached hydrogens (tertiary/aromatic N) is 3. The largest absolute Gasteiger partial charge is 0.378 e. The van der Waals surface area contributed by atoms with E-state index in [2.05, 4.69) is 35.2 Å². The van der Waals surface area contributed by atoms with Crippen molar-refractivity contribution in [1.29, 1.82) is 5.26 Å². The first kappa shape index (κ1) is 16.6. The number of nitriles is 1. The van der Waals surface area contributed by atoms with Gasteiger partial charge in [0.25, 0.3) is 0 Å². The number of rotatable bonds is 2. The van der Waals surface area contributed by atoms with E-state index >= 15 is 0 Å². The molecule has 2 aliphatic heterocycles. The third-order valence-electron chi connectivity index (χ3n) is 6.23. The fraction of sp³-hybridized carbons (Fsp3) is 0.600. The van der Waals surface area contributed by atoms with Gasteiger partial charge in [0.15, 0.2) is 0 Å². The van der Waals surface area contributed by atoms with E-state index in [9.17, 15) is 4.79 Å². The lowest BCUT2D eigenvalue weighted by Crippen LogP contribution is -2.44. The number of benzene rings is 1. The van der Waals surface area contributed by atoms with Crippen LogP contribution in [0.3, 0.4) is 0 Å². The van der Waals surface area contributed by atoms with E-state index in [1.165, 1.54) is 11.1 Å². The summed E-state index contributed by atoms with van der Waals surface area (Å²) in [7, 11) is 0. The fourth-order valence-electron chi connectivity index (χ4n) is 4.83. The van der Waals surface area contributed by atoms with Crippen molar-refractivity contribution in [3.63, 3.8) is 0 Å². The third kappa shape index (κ3) is 2.94. The maximum absolute atomic E-state index is 13.2. The molecule has 0 aromatic heterocycles. The Bertz CT molecular complexity index is 682. The van der Waals surface area contributed by atoms with Crippen LogP contribution in [0, 0.1) is 11.3 Å². The van der Waals surface area contributed by atoms with Crippen molar-refractivity contribution >= 4 is 5.91 Å². The van der Waals surface area contributed by atoms with Gasteiger partial charge in [-0.3, -0.25) is 9.69 Å². The lowest BCUT2D eigenvalue weighted by atomic mass is 9.73. The zero-order valence-corrected chi connectivity index (χ0v) is 14.6. The van der Waals surface area contributed by atoms with Gasteiger partial charge in [-0.2, -0.15) is 5.26 Å². The second kappa shape index (κ2) is 6.78. The minimum absolute atomic E-state index is 0.0168. The highest BCUT2D eigenvalue weighted by Gasteiger charge is 2.48. The Kier molecular flexibility index (Phi) is 4.49. The predicted octanol–water partition coefficient (Wildman–Crippen LogP) is 1.89. The second-order valence-electron chi connectivity index (χ2n) is 7.50. The molecule has 1 unspecified atom stereocenters. The molecular formula is C20H25N3O2. The SMILES string of the molecule is N#CCN1CCC2(CC1)CC(C(=O)N1CCOCC1)c1ccccc12. The minimum Gasteiger partial charge on any atom is -0.378 e. The first-order valence-electron chi connectivity index (χ1n) is 9.29. The number of ether oxygens (including phenoxy) is 1. The van der Waals surface area contributed by atoms with Gasteiger partial charge >= 0.3 is 0 Å². The number of fused-ring (bicyclic) bond motifs is 2. The fourth-order valence-corrected chi connectivity index (χ4v) is 4.83. The average Bonchev–Trinajstić information content (AvgIpc) is 2.99. The molecule has 1 aromatic rings. The highest BCUT2D eigenvalue weighted by Crippen LogP contribution is 2.52. The number of piperidine rings is 1. The molecule has 0 radical (unpaired) electrons. The molecule has 2 heterocycles. The quantitative estimate of drug-likeness (QED) is 0.772. The molecule has 0 bridgehead atoms. The summed E-state index contributed by atoms with van der Waals surface area (Å²) in [4.78, 5) is 17.4. The highest BCUT2D eigenvalue weighted by molar-refractivity contribution is 5.85. The van der Waals surface area contributed by atoms with Gasteiger partial charge in [-0.05, 0) is 48.9 Å². The second-order valence-corrected chi connectivity index (χ2v) is 7.50. The summed E-state index contributed by atoms with van der Waals surface area (Å²) in [5, 5.41) is 8.94. The van der Waals surface area contributed by atoms with Gasteiger partial charge in [-0.15, -0.1) is 0 Å². The minimum atomic E-state index is -0.0168. The Balaban J connectivity index is 1.58. The molecule has 5 heteroatoms. The summed E-state index contributed by atoms with van der Waals surface area (Å²) >= 11 is 0. The van der Waals surface area contributed by atoms with Gasteiger partial charge in [0.05, 0.1) is 31.7 Å². The van der Waals surface area contributed by atoms with E-state index in [1.54, 1.807) is 0 Å². The van der Waals surface area contributed by atoms with Crippen molar-refractivity contribution in [2.75, 3.05) is 45.9 Å². The molecule has 132 valence electrons. The standard InChI is InChI=1S/C20H25N3O2/c21-7-10-22-8-5-20(6-9-22)15-17(16-3-1-2-4-18(16)20)19(24)23-11-13-25-14-12-23/h1-4,17H,5-6,8-15H2. The third-order valence-corrected chi connectivity index (χ3v) is 6.23. The van der Waals surface area contributed by atoms with Gasteiger partial charge in [0.2, 0.25) is 5.91 Å². The summed E-state index contributed by atoms with van der Waals surface area (Å²) in [6.45, 7) is 5.11.